The highest BCUT2D eigenvalue weighted by molar-refractivity contribution is 8.00. The van der Waals surface area contributed by atoms with Crippen LogP contribution >= 0.6 is 11.8 Å². The number of carbonyl (C=O) groups is 1. The molecular formula is C15H12F6N4OS. The van der Waals surface area contributed by atoms with Gasteiger partial charge in [-0.15, -0.1) is 0 Å². The van der Waals surface area contributed by atoms with Crippen molar-refractivity contribution in [2.45, 2.75) is 16.7 Å². The van der Waals surface area contributed by atoms with E-state index in [4.69, 9.17) is 0 Å². The monoisotopic (exact) mass is 410 g/mol. The number of aromatic nitrogens is 2. The summed E-state index contributed by atoms with van der Waals surface area (Å²) >= 11 is -0.526. The Morgan fingerprint density at radius 3 is 2.33 bits per heavy atom. The summed E-state index contributed by atoms with van der Waals surface area (Å²) in [7, 11) is 0. The van der Waals surface area contributed by atoms with Crippen LogP contribution in [0, 0.1) is 0 Å². The van der Waals surface area contributed by atoms with Gasteiger partial charge in [0.05, 0.1) is 11.1 Å². The second-order valence-corrected chi connectivity index (χ2v) is 6.04. The number of thioether (sulfide) groups is 1. The first kappa shape index (κ1) is 20.8. The molecule has 0 aliphatic heterocycles. The molecule has 0 saturated heterocycles. The van der Waals surface area contributed by atoms with Crippen molar-refractivity contribution in [3.05, 3.63) is 47.8 Å². The summed E-state index contributed by atoms with van der Waals surface area (Å²) in [6.45, 7) is -0.258. The van der Waals surface area contributed by atoms with E-state index in [1.54, 1.807) is 0 Å². The maximum Gasteiger partial charge on any atom is 0.447 e. The summed E-state index contributed by atoms with van der Waals surface area (Å²) in [6.07, 6.45) is -2.31. The van der Waals surface area contributed by atoms with Gasteiger partial charge in [-0.3, -0.25) is 4.79 Å². The molecule has 2 N–H and O–H groups in total. The Hall–Kier alpha value is -2.50. The number of rotatable bonds is 6. The van der Waals surface area contributed by atoms with Gasteiger partial charge in [0.2, 0.25) is 0 Å². The first-order chi connectivity index (χ1) is 12.6. The van der Waals surface area contributed by atoms with Crippen LogP contribution in [-0.4, -0.2) is 34.5 Å². The zero-order valence-electron chi connectivity index (χ0n) is 13.4. The van der Waals surface area contributed by atoms with Gasteiger partial charge in [-0.2, -0.15) is 26.3 Å². The average Bonchev–Trinajstić information content (AvgIpc) is 2.57. The molecule has 1 amide bonds. The molecule has 146 valence electrons. The number of pyridine rings is 2. The molecular weight excluding hydrogens is 398 g/mol. The predicted octanol–water partition coefficient (Wildman–Crippen LogP) is 3.95. The first-order valence-corrected chi connectivity index (χ1v) is 8.14. The maximum absolute atomic E-state index is 12.8. The van der Waals surface area contributed by atoms with Crippen LogP contribution in [0.3, 0.4) is 0 Å². The zero-order chi connectivity index (χ0) is 20.1. The minimum Gasteiger partial charge on any atom is -0.368 e. The fraction of sp³-hybridized carbons (Fsp3) is 0.267. The van der Waals surface area contributed by atoms with E-state index in [-0.39, 0.29) is 18.7 Å². The number of anilines is 1. The Morgan fingerprint density at radius 1 is 1.00 bits per heavy atom. The Bertz CT molecular complexity index is 796. The predicted molar refractivity (Wildman–Crippen MR) is 86.2 cm³/mol. The van der Waals surface area contributed by atoms with E-state index in [1.165, 1.54) is 18.3 Å². The van der Waals surface area contributed by atoms with Gasteiger partial charge in [0.1, 0.15) is 10.8 Å². The lowest BCUT2D eigenvalue weighted by molar-refractivity contribution is -0.137. The van der Waals surface area contributed by atoms with E-state index in [9.17, 15) is 31.1 Å². The number of amides is 1. The second-order valence-electron chi connectivity index (χ2n) is 4.98. The number of carbonyl (C=O) groups excluding carboxylic acids is 1. The molecule has 0 radical (unpaired) electrons. The van der Waals surface area contributed by atoms with Gasteiger partial charge in [0, 0.05) is 37.2 Å². The molecule has 0 unspecified atom stereocenters. The van der Waals surface area contributed by atoms with Crippen LogP contribution in [0.2, 0.25) is 0 Å². The molecule has 12 heteroatoms. The van der Waals surface area contributed by atoms with Crippen LogP contribution in [-0.2, 0) is 6.18 Å². The highest BCUT2D eigenvalue weighted by atomic mass is 32.2. The maximum atomic E-state index is 12.8. The van der Waals surface area contributed by atoms with Gasteiger partial charge in [0.15, 0.2) is 0 Å². The van der Waals surface area contributed by atoms with Crippen molar-refractivity contribution in [3.63, 3.8) is 0 Å². The summed E-state index contributed by atoms with van der Waals surface area (Å²) in [5, 5.41) is 4.24. The van der Waals surface area contributed by atoms with E-state index >= 15 is 0 Å². The molecule has 27 heavy (non-hydrogen) atoms. The second kappa shape index (κ2) is 8.46. The topological polar surface area (TPSA) is 66.9 Å². The molecule has 2 heterocycles. The summed E-state index contributed by atoms with van der Waals surface area (Å²) < 4.78 is 76.0. The van der Waals surface area contributed by atoms with Gasteiger partial charge >= 0.3 is 11.7 Å². The number of nitrogens with zero attached hydrogens (tertiary/aromatic N) is 2. The quantitative estimate of drug-likeness (QED) is 0.429. The van der Waals surface area contributed by atoms with Crippen LogP contribution in [0.4, 0.5) is 32.2 Å². The number of halogens is 6. The third kappa shape index (κ3) is 6.31. The third-order valence-electron chi connectivity index (χ3n) is 3.04. The van der Waals surface area contributed by atoms with E-state index in [0.29, 0.717) is 0 Å². The van der Waals surface area contributed by atoms with E-state index in [2.05, 4.69) is 20.6 Å². The van der Waals surface area contributed by atoms with Gasteiger partial charge in [-0.05, 0) is 24.3 Å². The van der Waals surface area contributed by atoms with Crippen LogP contribution < -0.4 is 10.6 Å². The molecule has 5 nitrogen and oxygen atoms in total. The van der Waals surface area contributed by atoms with Crippen molar-refractivity contribution in [1.29, 1.82) is 0 Å². The van der Waals surface area contributed by atoms with Gasteiger partial charge in [-0.25, -0.2) is 9.97 Å². The molecule has 0 saturated carbocycles. The Balaban J connectivity index is 1.95. The first-order valence-electron chi connectivity index (χ1n) is 7.33. The smallest absolute Gasteiger partial charge is 0.368 e. The standard InChI is InChI=1S/C15H12F6N4OS/c16-14(17,18)10-4-2-5-22-11(10)23-7-8-24-12(26)9-3-1-6-25-13(9)27-15(19,20)21/h1-6H,7-8H2,(H,22,23)(H,24,26). The Morgan fingerprint density at radius 2 is 1.67 bits per heavy atom. The normalized spacial score (nSPS) is 11.9. The van der Waals surface area contributed by atoms with Gasteiger partial charge < -0.3 is 10.6 Å². The third-order valence-corrected chi connectivity index (χ3v) is 3.79. The zero-order valence-corrected chi connectivity index (χ0v) is 14.2. The van der Waals surface area contributed by atoms with Crippen molar-refractivity contribution in [3.8, 4) is 0 Å². The van der Waals surface area contributed by atoms with Crippen molar-refractivity contribution >= 4 is 23.5 Å². The Labute approximate surface area is 153 Å². The van der Waals surface area contributed by atoms with Gasteiger partial charge in [0.25, 0.3) is 5.91 Å². The highest BCUT2D eigenvalue weighted by Gasteiger charge is 2.34. The van der Waals surface area contributed by atoms with Crippen molar-refractivity contribution in [1.82, 2.24) is 15.3 Å². The SMILES string of the molecule is O=C(NCCNc1ncccc1C(F)(F)F)c1cccnc1SC(F)(F)F. The van der Waals surface area contributed by atoms with Crippen molar-refractivity contribution in [2.24, 2.45) is 0 Å². The minimum absolute atomic E-state index is 0.117. The van der Waals surface area contributed by atoms with Crippen LogP contribution in [0.5, 0.6) is 0 Å². The number of hydrogen-bond acceptors (Lipinski definition) is 5. The number of hydrogen-bond donors (Lipinski definition) is 2. The molecule has 0 bridgehead atoms. The minimum atomic E-state index is -4.61. The van der Waals surface area contributed by atoms with Crippen LogP contribution in [0.25, 0.3) is 0 Å². The lowest BCUT2D eigenvalue weighted by atomic mass is 10.2. The van der Waals surface area contributed by atoms with Crippen molar-refractivity contribution < 1.29 is 31.1 Å². The fourth-order valence-electron chi connectivity index (χ4n) is 1.98. The fourth-order valence-corrected chi connectivity index (χ4v) is 2.59. The summed E-state index contributed by atoms with van der Waals surface area (Å²) in [5.74, 6) is -1.23. The van der Waals surface area contributed by atoms with Crippen LogP contribution in [0.1, 0.15) is 15.9 Å². The molecule has 2 rings (SSSR count). The molecule has 0 aliphatic carbocycles. The molecule has 0 fully saturated rings. The molecule has 2 aromatic heterocycles. The van der Waals surface area contributed by atoms with E-state index < -0.39 is 45.8 Å². The summed E-state index contributed by atoms with van der Waals surface area (Å²) in [4.78, 5) is 19.2. The summed E-state index contributed by atoms with van der Waals surface area (Å²) in [6, 6.07) is 4.46. The van der Waals surface area contributed by atoms with Crippen molar-refractivity contribution in [2.75, 3.05) is 18.4 Å². The van der Waals surface area contributed by atoms with Gasteiger partial charge in [-0.1, -0.05) is 0 Å². The number of nitrogens with one attached hydrogen (secondary N) is 2. The van der Waals surface area contributed by atoms with E-state index in [0.717, 1.165) is 18.3 Å². The van der Waals surface area contributed by atoms with E-state index in [1.807, 2.05) is 0 Å². The molecule has 2 aromatic rings. The largest absolute Gasteiger partial charge is 0.447 e. The highest BCUT2D eigenvalue weighted by Crippen LogP contribution is 2.37. The lowest BCUT2D eigenvalue weighted by Gasteiger charge is -2.14. The molecule has 0 spiro atoms. The summed E-state index contributed by atoms with van der Waals surface area (Å²) in [5.41, 5.74) is -5.86. The Kier molecular flexibility index (Phi) is 6.52. The average molecular weight is 410 g/mol. The number of alkyl halides is 6. The molecule has 0 atom stereocenters. The van der Waals surface area contributed by atoms with Crippen LogP contribution in [0.15, 0.2) is 41.7 Å². The molecule has 0 aromatic carbocycles. The molecule has 0 aliphatic rings. The lowest BCUT2D eigenvalue weighted by Crippen LogP contribution is -2.30.